The summed E-state index contributed by atoms with van der Waals surface area (Å²) in [6.45, 7) is 5.22. The molecule has 0 atom stereocenters. The summed E-state index contributed by atoms with van der Waals surface area (Å²) >= 11 is 0. The van der Waals surface area contributed by atoms with E-state index in [1.54, 1.807) is 17.2 Å². The summed E-state index contributed by atoms with van der Waals surface area (Å²) in [6, 6.07) is 19.7. The monoisotopic (exact) mass is 360 g/mol. The Hall–Kier alpha value is -3.21. The first kappa shape index (κ1) is 18.6. The van der Waals surface area contributed by atoms with Crippen molar-refractivity contribution < 1.29 is 4.79 Å². The van der Waals surface area contributed by atoms with Gasteiger partial charge in [0.05, 0.1) is 0 Å². The van der Waals surface area contributed by atoms with Crippen molar-refractivity contribution in [1.82, 2.24) is 9.97 Å². The van der Waals surface area contributed by atoms with Gasteiger partial charge in [-0.2, -0.15) is 0 Å². The molecule has 0 saturated heterocycles. The van der Waals surface area contributed by atoms with Crippen molar-refractivity contribution in [2.24, 2.45) is 0 Å². The second-order valence-corrected chi connectivity index (χ2v) is 6.47. The van der Waals surface area contributed by atoms with Crippen LogP contribution in [0.15, 0.2) is 66.9 Å². The van der Waals surface area contributed by atoms with Gasteiger partial charge < -0.3 is 9.80 Å². The van der Waals surface area contributed by atoms with E-state index >= 15 is 0 Å². The van der Waals surface area contributed by atoms with E-state index < -0.39 is 0 Å². The Balaban J connectivity index is 1.82. The third-order valence-corrected chi connectivity index (χ3v) is 4.34. The fourth-order valence-corrected chi connectivity index (χ4v) is 2.96. The minimum absolute atomic E-state index is 0.125. The smallest absolute Gasteiger partial charge is 0.277 e. The predicted octanol–water partition coefficient (Wildman–Crippen LogP) is 4.09. The zero-order valence-corrected chi connectivity index (χ0v) is 16.0. The molecule has 2 aromatic carbocycles. The van der Waals surface area contributed by atoms with E-state index in [0.717, 1.165) is 16.8 Å². The van der Waals surface area contributed by atoms with Gasteiger partial charge in [0.15, 0.2) is 0 Å². The van der Waals surface area contributed by atoms with Crippen LogP contribution in [0.25, 0.3) is 0 Å². The van der Waals surface area contributed by atoms with E-state index in [9.17, 15) is 4.79 Å². The molecule has 0 aliphatic carbocycles. The predicted molar refractivity (Wildman–Crippen MR) is 109 cm³/mol. The molecule has 5 nitrogen and oxygen atoms in total. The molecular formula is C22H24N4O. The first-order valence-corrected chi connectivity index (χ1v) is 9.05. The number of hydrogen-bond acceptors (Lipinski definition) is 4. The van der Waals surface area contributed by atoms with E-state index in [4.69, 9.17) is 0 Å². The molecule has 0 aliphatic rings. The molecule has 0 aliphatic heterocycles. The van der Waals surface area contributed by atoms with Gasteiger partial charge in [-0.3, -0.25) is 4.79 Å². The zero-order chi connectivity index (χ0) is 19.2. The molecule has 1 amide bonds. The van der Waals surface area contributed by atoms with E-state index in [1.165, 1.54) is 0 Å². The molecule has 0 spiro atoms. The van der Waals surface area contributed by atoms with Crippen molar-refractivity contribution in [3.63, 3.8) is 0 Å². The largest absolute Gasteiger partial charge is 0.340 e. The maximum absolute atomic E-state index is 13.0. The number of carbonyl (C=O) groups excluding carboxylic acids is 1. The number of anilines is 2. The van der Waals surface area contributed by atoms with Crippen molar-refractivity contribution in [3.05, 3.63) is 83.7 Å². The molecule has 0 bridgehead atoms. The number of nitrogens with zero attached hydrogens (tertiary/aromatic N) is 4. The van der Waals surface area contributed by atoms with E-state index in [-0.39, 0.29) is 5.91 Å². The van der Waals surface area contributed by atoms with Crippen molar-refractivity contribution in [2.75, 3.05) is 23.4 Å². The van der Waals surface area contributed by atoms with Crippen molar-refractivity contribution in [2.45, 2.75) is 20.4 Å². The van der Waals surface area contributed by atoms with Crippen LogP contribution in [0.3, 0.4) is 0 Å². The lowest BCUT2D eigenvalue weighted by Crippen LogP contribution is -2.32. The molecule has 5 heteroatoms. The number of rotatable bonds is 6. The highest BCUT2D eigenvalue weighted by Gasteiger charge is 2.19. The molecule has 27 heavy (non-hydrogen) atoms. The Morgan fingerprint density at radius 3 is 2.52 bits per heavy atom. The molecule has 138 valence electrons. The number of carbonyl (C=O) groups is 1. The SMILES string of the molecule is CCN(C(=O)c1ccnc(N(C)Cc2ccccc2)n1)c1cccc(C)c1. The Kier molecular flexibility index (Phi) is 5.81. The first-order valence-electron chi connectivity index (χ1n) is 9.05. The average Bonchev–Trinajstić information content (AvgIpc) is 2.69. The Bertz CT molecular complexity index is 911. The fraction of sp³-hybridized carbons (Fsp3) is 0.227. The molecule has 1 aromatic heterocycles. The molecule has 0 saturated carbocycles. The standard InChI is InChI=1S/C22H24N4O/c1-4-26(19-12-8-9-17(2)15-19)21(27)20-13-14-23-22(24-20)25(3)16-18-10-6-5-7-11-18/h5-15H,4,16H2,1-3H3. The number of aromatic nitrogens is 2. The number of aryl methyl sites for hydroxylation is 1. The highest BCUT2D eigenvalue weighted by Crippen LogP contribution is 2.19. The van der Waals surface area contributed by atoms with Gasteiger partial charge >= 0.3 is 0 Å². The Labute approximate surface area is 160 Å². The lowest BCUT2D eigenvalue weighted by Gasteiger charge is -2.22. The van der Waals surface area contributed by atoms with Crippen molar-refractivity contribution in [1.29, 1.82) is 0 Å². The average molecular weight is 360 g/mol. The minimum atomic E-state index is -0.125. The number of amides is 1. The number of benzene rings is 2. The lowest BCUT2D eigenvalue weighted by molar-refractivity contribution is 0.0983. The van der Waals surface area contributed by atoms with E-state index in [0.29, 0.717) is 24.7 Å². The summed E-state index contributed by atoms with van der Waals surface area (Å²) in [5.74, 6) is 0.407. The Morgan fingerprint density at radius 1 is 1.04 bits per heavy atom. The lowest BCUT2D eigenvalue weighted by atomic mass is 10.2. The first-order chi connectivity index (χ1) is 13.1. The van der Waals surface area contributed by atoms with Crippen LogP contribution >= 0.6 is 0 Å². The molecular weight excluding hydrogens is 336 g/mol. The van der Waals surface area contributed by atoms with Gasteiger partial charge in [-0.1, -0.05) is 42.5 Å². The van der Waals surface area contributed by atoms with Crippen LogP contribution in [0, 0.1) is 6.92 Å². The molecule has 1 heterocycles. The summed E-state index contributed by atoms with van der Waals surface area (Å²) in [5.41, 5.74) is 3.54. The third-order valence-electron chi connectivity index (χ3n) is 4.34. The van der Waals surface area contributed by atoms with E-state index in [2.05, 4.69) is 22.1 Å². The quantitative estimate of drug-likeness (QED) is 0.664. The van der Waals surface area contributed by atoms with Gasteiger partial charge in [0.25, 0.3) is 5.91 Å². The van der Waals surface area contributed by atoms with Crippen LogP contribution in [0.4, 0.5) is 11.6 Å². The van der Waals surface area contributed by atoms with Crippen molar-refractivity contribution >= 4 is 17.5 Å². The third kappa shape index (κ3) is 4.50. The van der Waals surface area contributed by atoms with Gasteiger partial charge in [-0.25, -0.2) is 9.97 Å². The minimum Gasteiger partial charge on any atom is -0.340 e. The summed E-state index contributed by atoms with van der Waals surface area (Å²) in [5, 5.41) is 0. The van der Waals surface area contributed by atoms with Crippen LogP contribution in [0.5, 0.6) is 0 Å². The molecule has 0 N–H and O–H groups in total. The highest BCUT2D eigenvalue weighted by atomic mass is 16.2. The van der Waals surface area contributed by atoms with Gasteiger partial charge in [-0.15, -0.1) is 0 Å². The van der Waals surface area contributed by atoms with Crippen LogP contribution < -0.4 is 9.80 Å². The van der Waals surface area contributed by atoms with Gasteiger partial charge in [0, 0.05) is 32.0 Å². The molecule has 0 radical (unpaired) electrons. The van der Waals surface area contributed by atoms with Gasteiger partial charge in [0.1, 0.15) is 5.69 Å². The second kappa shape index (κ2) is 8.45. The maximum Gasteiger partial charge on any atom is 0.277 e. The molecule has 0 fully saturated rings. The number of hydrogen-bond donors (Lipinski definition) is 0. The van der Waals surface area contributed by atoms with Crippen LogP contribution in [0.1, 0.15) is 28.5 Å². The van der Waals surface area contributed by atoms with Gasteiger partial charge in [0.2, 0.25) is 5.95 Å². The van der Waals surface area contributed by atoms with Crippen LogP contribution in [-0.4, -0.2) is 29.5 Å². The van der Waals surface area contributed by atoms with Crippen LogP contribution in [0.2, 0.25) is 0 Å². The maximum atomic E-state index is 13.0. The topological polar surface area (TPSA) is 49.3 Å². The van der Waals surface area contributed by atoms with Gasteiger partial charge in [-0.05, 0) is 43.2 Å². The molecule has 3 aromatic rings. The normalized spacial score (nSPS) is 10.5. The zero-order valence-electron chi connectivity index (χ0n) is 16.0. The van der Waals surface area contributed by atoms with Crippen LogP contribution in [-0.2, 0) is 6.54 Å². The second-order valence-electron chi connectivity index (χ2n) is 6.47. The summed E-state index contributed by atoms with van der Waals surface area (Å²) < 4.78 is 0. The van der Waals surface area contributed by atoms with E-state index in [1.807, 2.05) is 68.3 Å². The van der Waals surface area contributed by atoms with Crippen molar-refractivity contribution in [3.8, 4) is 0 Å². The molecule has 0 unspecified atom stereocenters. The summed E-state index contributed by atoms with van der Waals surface area (Å²) in [4.78, 5) is 25.6. The fourth-order valence-electron chi connectivity index (χ4n) is 2.96. The summed E-state index contributed by atoms with van der Waals surface area (Å²) in [6.07, 6.45) is 1.64. The molecule has 3 rings (SSSR count). The highest BCUT2D eigenvalue weighted by molar-refractivity contribution is 6.04. The Morgan fingerprint density at radius 2 is 1.81 bits per heavy atom. The summed E-state index contributed by atoms with van der Waals surface area (Å²) in [7, 11) is 1.93.